The molecule has 0 saturated carbocycles. The zero-order valence-electron chi connectivity index (χ0n) is 15.0. The number of carbonyl (C=O) groups is 1. The minimum absolute atomic E-state index is 0.0530. The number of carbonyl (C=O) groups excluding carboxylic acids is 1. The highest BCUT2D eigenvalue weighted by Crippen LogP contribution is 2.37. The molecule has 0 aliphatic carbocycles. The monoisotopic (exact) mass is 414 g/mol. The van der Waals surface area contributed by atoms with Gasteiger partial charge in [0.15, 0.2) is 0 Å². The smallest absolute Gasteiger partial charge is 0.265 e. The first kappa shape index (κ1) is 18.5. The standard InChI is InChI=1S/C20H18N2O4S2/c1-13-10-14-6-2-4-8-17(14)22(13)28(25,26)15-11-19(27-12-15)20(24)21-16-7-3-5-9-18(16)23/h2-9,11-13,23H,10H2,1H3,(H,21,24)/t13-/m1/s1. The van der Waals surface area contributed by atoms with Crippen LogP contribution in [0.3, 0.4) is 0 Å². The molecular weight excluding hydrogens is 396 g/mol. The largest absolute Gasteiger partial charge is 0.506 e. The molecular formula is C20H18N2O4S2. The fourth-order valence-electron chi connectivity index (χ4n) is 3.35. The van der Waals surface area contributed by atoms with Crippen LogP contribution in [-0.4, -0.2) is 25.5 Å². The van der Waals surface area contributed by atoms with Gasteiger partial charge in [-0.2, -0.15) is 0 Å². The summed E-state index contributed by atoms with van der Waals surface area (Å²) in [4.78, 5) is 12.8. The molecule has 0 unspecified atom stereocenters. The van der Waals surface area contributed by atoms with Crippen LogP contribution in [0.2, 0.25) is 0 Å². The Morgan fingerprint density at radius 3 is 2.68 bits per heavy atom. The van der Waals surface area contributed by atoms with Gasteiger partial charge in [-0.15, -0.1) is 11.3 Å². The lowest BCUT2D eigenvalue weighted by molar-refractivity contribution is 0.103. The Kier molecular flexibility index (Phi) is 4.60. The topological polar surface area (TPSA) is 86.7 Å². The maximum atomic E-state index is 13.2. The average molecular weight is 415 g/mol. The number of benzene rings is 2. The number of fused-ring (bicyclic) bond motifs is 1. The summed E-state index contributed by atoms with van der Waals surface area (Å²) in [6.45, 7) is 1.87. The Balaban J connectivity index is 1.62. The van der Waals surface area contributed by atoms with Crippen LogP contribution in [-0.2, 0) is 16.4 Å². The van der Waals surface area contributed by atoms with E-state index >= 15 is 0 Å². The summed E-state index contributed by atoms with van der Waals surface area (Å²) in [6, 6.07) is 15.0. The van der Waals surface area contributed by atoms with Crippen molar-refractivity contribution in [3.63, 3.8) is 0 Å². The first-order valence-corrected chi connectivity index (χ1v) is 11.0. The molecule has 0 saturated heterocycles. The molecule has 4 rings (SSSR count). The SMILES string of the molecule is C[C@@H]1Cc2ccccc2N1S(=O)(=O)c1csc(C(=O)Nc2ccccc2O)c1. The number of nitrogens with one attached hydrogen (secondary N) is 1. The van der Waals surface area contributed by atoms with E-state index in [1.165, 1.54) is 21.8 Å². The summed E-state index contributed by atoms with van der Waals surface area (Å²) in [7, 11) is -3.78. The second kappa shape index (κ2) is 6.96. The van der Waals surface area contributed by atoms with Gasteiger partial charge in [0, 0.05) is 11.4 Å². The van der Waals surface area contributed by atoms with E-state index in [0.29, 0.717) is 12.1 Å². The average Bonchev–Trinajstić information content (AvgIpc) is 3.28. The van der Waals surface area contributed by atoms with Gasteiger partial charge in [0.2, 0.25) is 0 Å². The summed E-state index contributed by atoms with van der Waals surface area (Å²) in [5.41, 5.74) is 1.94. The maximum absolute atomic E-state index is 13.2. The fourth-order valence-corrected chi connectivity index (χ4v) is 6.20. The molecule has 2 aromatic carbocycles. The minimum Gasteiger partial charge on any atom is -0.506 e. The van der Waals surface area contributed by atoms with Crippen molar-refractivity contribution >= 4 is 38.6 Å². The Bertz CT molecular complexity index is 1150. The molecule has 144 valence electrons. The van der Waals surface area contributed by atoms with Crippen molar-refractivity contribution in [2.24, 2.45) is 0 Å². The highest BCUT2D eigenvalue weighted by Gasteiger charge is 2.36. The molecule has 1 aliphatic rings. The maximum Gasteiger partial charge on any atom is 0.265 e. The molecule has 0 bridgehead atoms. The Morgan fingerprint density at radius 2 is 1.89 bits per heavy atom. The van der Waals surface area contributed by atoms with Crippen molar-refractivity contribution in [2.75, 3.05) is 9.62 Å². The van der Waals surface area contributed by atoms with E-state index in [0.717, 1.165) is 16.9 Å². The van der Waals surface area contributed by atoms with Crippen LogP contribution in [0, 0.1) is 0 Å². The Labute approximate surface area is 167 Å². The zero-order chi connectivity index (χ0) is 19.9. The van der Waals surface area contributed by atoms with Crippen molar-refractivity contribution in [1.82, 2.24) is 0 Å². The van der Waals surface area contributed by atoms with E-state index in [-0.39, 0.29) is 27.3 Å². The molecule has 1 aliphatic heterocycles. The number of hydrogen-bond acceptors (Lipinski definition) is 5. The molecule has 2 heterocycles. The predicted octanol–water partition coefficient (Wildman–Crippen LogP) is 3.85. The van der Waals surface area contributed by atoms with Gasteiger partial charge in [-0.3, -0.25) is 9.10 Å². The number of phenolic OH excluding ortho intramolecular Hbond substituents is 1. The summed E-state index contributed by atoms with van der Waals surface area (Å²) >= 11 is 1.05. The van der Waals surface area contributed by atoms with Gasteiger partial charge in [0.1, 0.15) is 5.75 Å². The van der Waals surface area contributed by atoms with Crippen LogP contribution in [0.1, 0.15) is 22.2 Å². The molecule has 2 N–H and O–H groups in total. The number of anilines is 2. The third-order valence-electron chi connectivity index (χ3n) is 4.65. The van der Waals surface area contributed by atoms with Crippen molar-refractivity contribution in [1.29, 1.82) is 0 Å². The molecule has 1 atom stereocenters. The van der Waals surface area contributed by atoms with E-state index in [1.807, 2.05) is 25.1 Å². The molecule has 1 amide bonds. The van der Waals surface area contributed by atoms with E-state index in [4.69, 9.17) is 0 Å². The first-order chi connectivity index (χ1) is 13.4. The quantitative estimate of drug-likeness (QED) is 0.635. The van der Waals surface area contributed by atoms with E-state index < -0.39 is 15.9 Å². The van der Waals surface area contributed by atoms with Gasteiger partial charge in [-0.1, -0.05) is 30.3 Å². The van der Waals surface area contributed by atoms with Crippen LogP contribution in [0.15, 0.2) is 64.9 Å². The third kappa shape index (κ3) is 3.14. The van der Waals surface area contributed by atoms with Crippen molar-refractivity contribution in [2.45, 2.75) is 24.3 Å². The zero-order valence-corrected chi connectivity index (χ0v) is 16.6. The molecule has 8 heteroatoms. The van der Waals surface area contributed by atoms with Gasteiger partial charge in [-0.05, 0) is 43.2 Å². The molecule has 0 fully saturated rings. The number of rotatable bonds is 4. The third-order valence-corrected chi connectivity index (χ3v) is 7.64. The predicted molar refractivity (Wildman–Crippen MR) is 110 cm³/mol. The number of aromatic hydroxyl groups is 1. The Hall–Kier alpha value is -2.84. The van der Waals surface area contributed by atoms with Gasteiger partial charge < -0.3 is 10.4 Å². The number of hydrogen-bond donors (Lipinski definition) is 2. The van der Waals surface area contributed by atoms with Crippen molar-refractivity contribution in [3.05, 3.63) is 70.4 Å². The fraction of sp³-hybridized carbons (Fsp3) is 0.150. The van der Waals surface area contributed by atoms with Crippen LogP contribution in [0.4, 0.5) is 11.4 Å². The number of para-hydroxylation sites is 3. The van der Waals surface area contributed by atoms with Crippen LogP contribution in [0.25, 0.3) is 0 Å². The molecule has 3 aromatic rings. The highest BCUT2D eigenvalue weighted by molar-refractivity contribution is 7.93. The van der Waals surface area contributed by atoms with Gasteiger partial charge >= 0.3 is 0 Å². The highest BCUT2D eigenvalue weighted by atomic mass is 32.2. The summed E-state index contributed by atoms with van der Waals surface area (Å²) in [6.07, 6.45) is 0.653. The van der Waals surface area contributed by atoms with Crippen LogP contribution < -0.4 is 9.62 Å². The van der Waals surface area contributed by atoms with Gasteiger partial charge in [0.05, 0.1) is 21.1 Å². The molecule has 28 heavy (non-hydrogen) atoms. The van der Waals surface area contributed by atoms with E-state index in [9.17, 15) is 18.3 Å². The molecule has 1 aromatic heterocycles. The summed E-state index contributed by atoms with van der Waals surface area (Å²) in [5, 5.41) is 13.9. The number of amides is 1. The van der Waals surface area contributed by atoms with Crippen LogP contribution in [0.5, 0.6) is 5.75 Å². The first-order valence-electron chi connectivity index (χ1n) is 8.68. The molecule has 0 spiro atoms. The van der Waals surface area contributed by atoms with Gasteiger partial charge in [0.25, 0.3) is 15.9 Å². The van der Waals surface area contributed by atoms with E-state index in [2.05, 4.69) is 5.32 Å². The lowest BCUT2D eigenvalue weighted by Gasteiger charge is -2.23. The Morgan fingerprint density at radius 1 is 1.18 bits per heavy atom. The van der Waals surface area contributed by atoms with Crippen LogP contribution >= 0.6 is 11.3 Å². The van der Waals surface area contributed by atoms with E-state index in [1.54, 1.807) is 24.3 Å². The van der Waals surface area contributed by atoms with Crippen molar-refractivity contribution in [3.8, 4) is 5.75 Å². The second-order valence-electron chi connectivity index (χ2n) is 6.60. The number of phenols is 1. The molecule has 6 nitrogen and oxygen atoms in total. The minimum atomic E-state index is -3.78. The number of thiophene rings is 1. The lowest BCUT2D eigenvalue weighted by atomic mass is 10.1. The van der Waals surface area contributed by atoms with Crippen molar-refractivity contribution < 1.29 is 18.3 Å². The molecule has 0 radical (unpaired) electrons. The normalized spacial score (nSPS) is 16.0. The number of sulfonamides is 1. The lowest BCUT2D eigenvalue weighted by Crippen LogP contribution is -2.35. The summed E-state index contributed by atoms with van der Waals surface area (Å²) < 4.78 is 27.9. The van der Waals surface area contributed by atoms with Gasteiger partial charge in [-0.25, -0.2) is 8.42 Å². The summed E-state index contributed by atoms with van der Waals surface area (Å²) in [5.74, 6) is -0.523. The number of nitrogens with zero attached hydrogens (tertiary/aromatic N) is 1. The second-order valence-corrected chi connectivity index (χ2v) is 9.33.